The van der Waals surface area contributed by atoms with Crippen molar-refractivity contribution in [1.82, 2.24) is 10.2 Å². The number of rotatable bonds is 5. The van der Waals surface area contributed by atoms with E-state index in [0.29, 0.717) is 19.4 Å². The third kappa shape index (κ3) is 2.65. The number of carbonyl (C=O) groups is 2. The normalized spacial score (nSPS) is 17.0. The number of urea groups is 1. The van der Waals surface area contributed by atoms with Gasteiger partial charge in [-0.15, -0.1) is 0 Å². The number of carbonyl (C=O) groups excluding carboxylic acids is 1. The van der Waals surface area contributed by atoms with E-state index in [2.05, 4.69) is 5.32 Å². The van der Waals surface area contributed by atoms with Crippen molar-refractivity contribution in [1.29, 1.82) is 0 Å². The second-order valence-electron chi connectivity index (χ2n) is 4.62. The third-order valence-corrected chi connectivity index (χ3v) is 3.11. The van der Waals surface area contributed by atoms with Gasteiger partial charge in [0.2, 0.25) is 0 Å². The van der Waals surface area contributed by atoms with Crippen molar-refractivity contribution in [2.75, 3.05) is 13.1 Å². The number of nitrogens with zero attached hydrogens (tertiary/aromatic N) is 1. The lowest BCUT2D eigenvalue weighted by Crippen LogP contribution is -2.46. The Morgan fingerprint density at radius 3 is 2.31 bits per heavy atom. The molecule has 1 aliphatic carbocycles. The van der Waals surface area contributed by atoms with Gasteiger partial charge in [-0.2, -0.15) is 0 Å². The average molecular weight is 228 g/mol. The molecule has 0 aromatic carbocycles. The molecule has 0 aromatic heterocycles. The van der Waals surface area contributed by atoms with E-state index in [1.807, 2.05) is 20.8 Å². The number of nitrogens with one attached hydrogen (secondary N) is 1. The minimum atomic E-state index is -0.805. The van der Waals surface area contributed by atoms with Crippen LogP contribution < -0.4 is 5.32 Å². The molecule has 0 aromatic rings. The summed E-state index contributed by atoms with van der Waals surface area (Å²) in [5.41, 5.74) is -0.688. The van der Waals surface area contributed by atoms with E-state index in [9.17, 15) is 9.59 Å². The predicted octanol–water partition coefficient (Wildman–Crippen LogP) is 1.29. The Bertz CT molecular complexity index is 285. The number of hydrogen-bond donors (Lipinski definition) is 2. The summed E-state index contributed by atoms with van der Waals surface area (Å²) < 4.78 is 0. The van der Waals surface area contributed by atoms with Crippen molar-refractivity contribution < 1.29 is 14.7 Å². The van der Waals surface area contributed by atoms with Crippen molar-refractivity contribution in [2.24, 2.45) is 5.41 Å². The highest BCUT2D eigenvalue weighted by Gasteiger charge is 2.50. The lowest BCUT2D eigenvalue weighted by Gasteiger charge is -2.26. The molecule has 2 amide bonds. The second kappa shape index (κ2) is 4.72. The summed E-state index contributed by atoms with van der Waals surface area (Å²) >= 11 is 0. The molecular weight excluding hydrogens is 208 g/mol. The van der Waals surface area contributed by atoms with Gasteiger partial charge in [0.1, 0.15) is 0 Å². The molecule has 5 heteroatoms. The fourth-order valence-corrected chi connectivity index (χ4v) is 1.71. The fourth-order valence-electron chi connectivity index (χ4n) is 1.71. The summed E-state index contributed by atoms with van der Waals surface area (Å²) in [6.45, 7) is 6.65. The zero-order valence-electron chi connectivity index (χ0n) is 10.1. The van der Waals surface area contributed by atoms with Gasteiger partial charge in [-0.05, 0) is 33.6 Å². The van der Waals surface area contributed by atoms with Crippen molar-refractivity contribution in [3.63, 3.8) is 0 Å². The first-order valence-corrected chi connectivity index (χ1v) is 5.71. The van der Waals surface area contributed by atoms with E-state index in [0.717, 1.165) is 0 Å². The molecule has 16 heavy (non-hydrogen) atoms. The molecule has 1 aliphatic rings. The van der Waals surface area contributed by atoms with Crippen LogP contribution >= 0.6 is 0 Å². The lowest BCUT2D eigenvalue weighted by molar-refractivity contribution is -0.143. The lowest BCUT2D eigenvalue weighted by atomic mass is 10.1. The van der Waals surface area contributed by atoms with Crippen molar-refractivity contribution >= 4 is 12.0 Å². The zero-order valence-corrected chi connectivity index (χ0v) is 10.1. The van der Waals surface area contributed by atoms with E-state index < -0.39 is 11.4 Å². The zero-order chi connectivity index (χ0) is 12.3. The van der Waals surface area contributed by atoms with Crippen LogP contribution in [0.4, 0.5) is 4.79 Å². The van der Waals surface area contributed by atoms with Crippen molar-refractivity contribution in [2.45, 2.75) is 39.7 Å². The van der Waals surface area contributed by atoms with E-state index in [-0.39, 0.29) is 18.6 Å². The minimum Gasteiger partial charge on any atom is -0.481 e. The van der Waals surface area contributed by atoms with Gasteiger partial charge in [0, 0.05) is 19.1 Å². The summed E-state index contributed by atoms with van der Waals surface area (Å²) in [5, 5.41) is 11.7. The highest BCUT2D eigenvalue weighted by Crippen LogP contribution is 2.45. The van der Waals surface area contributed by atoms with Gasteiger partial charge in [-0.1, -0.05) is 0 Å². The third-order valence-electron chi connectivity index (χ3n) is 3.11. The van der Waals surface area contributed by atoms with Gasteiger partial charge >= 0.3 is 12.0 Å². The second-order valence-corrected chi connectivity index (χ2v) is 4.62. The maximum absolute atomic E-state index is 11.7. The molecule has 0 spiro atoms. The highest BCUT2D eigenvalue weighted by atomic mass is 16.4. The molecule has 92 valence electrons. The molecule has 0 unspecified atom stereocenters. The number of carboxylic acids is 1. The van der Waals surface area contributed by atoms with Gasteiger partial charge in [0.05, 0.1) is 5.41 Å². The van der Waals surface area contributed by atoms with Gasteiger partial charge in [0.15, 0.2) is 0 Å². The highest BCUT2D eigenvalue weighted by molar-refractivity contribution is 5.80. The minimum absolute atomic E-state index is 0.130. The molecule has 0 heterocycles. The van der Waals surface area contributed by atoms with Crippen LogP contribution in [0, 0.1) is 5.41 Å². The van der Waals surface area contributed by atoms with Crippen LogP contribution in [-0.4, -0.2) is 41.1 Å². The molecule has 0 radical (unpaired) electrons. The predicted molar refractivity (Wildman–Crippen MR) is 60.2 cm³/mol. The first-order valence-electron chi connectivity index (χ1n) is 5.71. The summed E-state index contributed by atoms with van der Waals surface area (Å²) in [5.74, 6) is -0.805. The van der Waals surface area contributed by atoms with Gasteiger partial charge in [-0.25, -0.2) is 4.79 Å². The van der Waals surface area contributed by atoms with Gasteiger partial charge < -0.3 is 15.3 Å². The van der Waals surface area contributed by atoms with Gasteiger partial charge in [-0.3, -0.25) is 4.79 Å². The van der Waals surface area contributed by atoms with Crippen molar-refractivity contribution in [3.05, 3.63) is 0 Å². The molecule has 2 N–H and O–H groups in total. The number of carboxylic acid groups (broad SMARTS) is 1. The molecule has 5 nitrogen and oxygen atoms in total. The maximum atomic E-state index is 11.7. The van der Waals surface area contributed by atoms with E-state index in [1.54, 1.807) is 4.90 Å². The molecule has 0 aliphatic heterocycles. The van der Waals surface area contributed by atoms with Gasteiger partial charge in [0.25, 0.3) is 0 Å². The molecule has 0 bridgehead atoms. The molecule has 0 saturated heterocycles. The standard InChI is InChI=1S/C11H20N2O3/c1-4-13(8(2)3)10(16)12-7-11(5-6-11)9(14)15/h8H,4-7H2,1-3H3,(H,12,16)(H,14,15). The van der Waals surface area contributed by atoms with Crippen LogP contribution in [0.2, 0.25) is 0 Å². The molecule has 1 saturated carbocycles. The monoisotopic (exact) mass is 228 g/mol. The number of aliphatic carboxylic acids is 1. The summed E-state index contributed by atoms with van der Waals surface area (Å²) in [7, 11) is 0. The van der Waals surface area contributed by atoms with Crippen LogP contribution in [0.1, 0.15) is 33.6 Å². The molecular formula is C11H20N2O3. The summed E-state index contributed by atoms with van der Waals surface area (Å²) in [6, 6.07) is -0.0463. The first kappa shape index (κ1) is 12.8. The molecule has 1 fully saturated rings. The topological polar surface area (TPSA) is 69.6 Å². The summed E-state index contributed by atoms with van der Waals surface area (Å²) in [6.07, 6.45) is 1.33. The number of hydrogen-bond acceptors (Lipinski definition) is 2. The Balaban J connectivity index is 2.43. The first-order chi connectivity index (χ1) is 7.43. The van der Waals surface area contributed by atoms with Crippen LogP contribution in [0.3, 0.4) is 0 Å². The SMILES string of the molecule is CCN(C(=O)NCC1(C(=O)O)CC1)C(C)C. The van der Waals surface area contributed by atoms with E-state index >= 15 is 0 Å². The smallest absolute Gasteiger partial charge is 0.317 e. The molecule has 0 atom stereocenters. The maximum Gasteiger partial charge on any atom is 0.317 e. The summed E-state index contributed by atoms with van der Waals surface area (Å²) in [4.78, 5) is 24.3. The van der Waals surface area contributed by atoms with Crippen molar-refractivity contribution in [3.8, 4) is 0 Å². The van der Waals surface area contributed by atoms with Crippen LogP contribution in [0.5, 0.6) is 0 Å². The quantitative estimate of drug-likeness (QED) is 0.745. The van der Waals surface area contributed by atoms with E-state index in [1.165, 1.54) is 0 Å². The Labute approximate surface area is 95.8 Å². The van der Waals surface area contributed by atoms with Crippen LogP contribution in [0.15, 0.2) is 0 Å². The van der Waals surface area contributed by atoms with E-state index in [4.69, 9.17) is 5.11 Å². The Kier molecular flexibility index (Phi) is 3.78. The Morgan fingerprint density at radius 1 is 1.44 bits per heavy atom. The van der Waals surface area contributed by atoms with Crippen LogP contribution in [0.25, 0.3) is 0 Å². The average Bonchev–Trinajstić information content (AvgIpc) is 2.96. The number of amides is 2. The molecule has 1 rings (SSSR count). The largest absolute Gasteiger partial charge is 0.481 e. The fraction of sp³-hybridized carbons (Fsp3) is 0.818. The van der Waals surface area contributed by atoms with Crippen LogP contribution in [-0.2, 0) is 4.79 Å². The Hall–Kier alpha value is -1.26. The Morgan fingerprint density at radius 2 is 2.00 bits per heavy atom.